The molecule has 1 heterocycles. The second-order valence-electron chi connectivity index (χ2n) is 6.38. The Morgan fingerprint density at radius 2 is 1.60 bits per heavy atom. The second kappa shape index (κ2) is 8.10. The van der Waals surface area contributed by atoms with E-state index in [2.05, 4.69) is 30.3 Å². The summed E-state index contributed by atoms with van der Waals surface area (Å²) in [5.41, 5.74) is 3.43. The fraction of sp³-hybridized carbons (Fsp3) is 0.286. The smallest absolute Gasteiger partial charge is 0.321 e. The van der Waals surface area contributed by atoms with Crippen molar-refractivity contribution in [1.82, 2.24) is 4.90 Å². The van der Waals surface area contributed by atoms with Gasteiger partial charge in [-0.05, 0) is 23.1 Å². The fourth-order valence-electron chi connectivity index (χ4n) is 3.40. The summed E-state index contributed by atoms with van der Waals surface area (Å²) in [7, 11) is 0. The third-order valence-corrected chi connectivity index (χ3v) is 4.60. The summed E-state index contributed by atoms with van der Waals surface area (Å²) in [5.74, 6) is -0.855. The molecule has 2 aromatic rings. The van der Waals surface area contributed by atoms with Crippen molar-refractivity contribution in [3.63, 3.8) is 0 Å². The number of likely N-dealkylation sites (tertiary alicyclic amines) is 1. The highest BCUT2D eigenvalue weighted by Crippen LogP contribution is 2.24. The lowest BCUT2D eigenvalue weighted by Crippen LogP contribution is -2.36. The van der Waals surface area contributed by atoms with E-state index in [0.29, 0.717) is 19.5 Å². The first-order valence-electron chi connectivity index (χ1n) is 8.61. The molecule has 0 aromatic heterocycles. The summed E-state index contributed by atoms with van der Waals surface area (Å²) in [6.07, 6.45) is 2.65. The van der Waals surface area contributed by atoms with Gasteiger partial charge in [0.1, 0.15) is 6.04 Å². The Bertz CT molecular complexity index is 686. The lowest BCUT2D eigenvalue weighted by Gasteiger charge is -2.20. The molecule has 4 nitrogen and oxygen atoms in total. The fourth-order valence-corrected chi connectivity index (χ4v) is 3.40. The van der Waals surface area contributed by atoms with Gasteiger partial charge in [-0.2, -0.15) is 0 Å². The minimum absolute atomic E-state index is 0.309. The van der Waals surface area contributed by atoms with Crippen LogP contribution in [0.1, 0.15) is 24.0 Å². The zero-order chi connectivity index (χ0) is 17.6. The Kier molecular flexibility index (Phi) is 5.64. The molecule has 1 aliphatic rings. The number of aliphatic hydroxyl groups excluding tert-OH is 1. The molecular formula is C21H23NO3. The highest BCUT2D eigenvalue weighted by Gasteiger charge is 2.35. The number of β-amino-alcohol motifs (C(OH)–C–C–N with tert-alkyl or cyclic N) is 1. The molecule has 3 rings (SSSR count). The summed E-state index contributed by atoms with van der Waals surface area (Å²) >= 11 is 0. The standard InChI is InChI=1S/C21H23NO3/c23-18-14-20(21(24)25)22(15-18)13-7-12-19(16-8-3-1-4-9-16)17-10-5-2-6-11-17/h1-6,8-12,18,20,23H,7,13-15H2,(H,24,25)/t18-,20-/m1/s1. The summed E-state index contributed by atoms with van der Waals surface area (Å²) in [6.45, 7) is 1.05. The number of carbonyl (C=O) groups is 1. The van der Waals surface area contributed by atoms with Gasteiger partial charge in [0.2, 0.25) is 0 Å². The molecule has 1 aliphatic heterocycles. The summed E-state index contributed by atoms with van der Waals surface area (Å²) in [5, 5.41) is 19.1. The van der Waals surface area contributed by atoms with Crippen LogP contribution in [0.5, 0.6) is 0 Å². The van der Waals surface area contributed by atoms with Gasteiger partial charge < -0.3 is 10.2 Å². The number of carboxylic acids is 1. The second-order valence-corrected chi connectivity index (χ2v) is 6.38. The zero-order valence-electron chi connectivity index (χ0n) is 14.1. The predicted octanol–water partition coefficient (Wildman–Crippen LogP) is 3.03. The lowest BCUT2D eigenvalue weighted by atomic mass is 9.97. The van der Waals surface area contributed by atoms with E-state index in [1.54, 1.807) is 0 Å². The molecule has 2 atom stereocenters. The van der Waals surface area contributed by atoms with E-state index in [1.165, 1.54) is 0 Å². The van der Waals surface area contributed by atoms with Crippen molar-refractivity contribution in [2.24, 2.45) is 0 Å². The van der Waals surface area contributed by atoms with Gasteiger partial charge in [0.05, 0.1) is 6.10 Å². The number of benzene rings is 2. The van der Waals surface area contributed by atoms with E-state index in [9.17, 15) is 15.0 Å². The molecular weight excluding hydrogens is 314 g/mol. The molecule has 0 bridgehead atoms. The molecule has 0 aliphatic carbocycles. The molecule has 0 saturated carbocycles. The van der Waals surface area contributed by atoms with Crippen molar-refractivity contribution in [3.8, 4) is 0 Å². The number of carboxylic acid groups (broad SMARTS) is 1. The summed E-state index contributed by atoms with van der Waals surface area (Å²) < 4.78 is 0. The van der Waals surface area contributed by atoms with Gasteiger partial charge in [-0.3, -0.25) is 9.69 Å². The molecule has 0 unspecified atom stereocenters. The summed E-state index contributed by atoms with van der Waals surface area (Å²) in [6, 6.07) is 19.8. The Hall–Kier alpha value is -2.43. The van der Waals surface area contributed by atoms with E-state index in [-0.39, 0.29) is 0 Å². The molecule has 1 fully saturated rings. The van der Waals surface area contributed by atoms with Crippen LogP contribution >= 0.6 is 0 Å². The topological polar surface area (TPSA) is 60.8 Å². The average molecular weight is 337 g/mol. The van der Waals surface area contributed by atoms with Crippen molar-refractivity contribution in [2.75, 3.05) is 13.1 Å². The first-order chi connectivity index (χ1) is 12.1. The maximum absolute atomic E-state index is 11.3. The minimum Gasteiger partial charge on any atom is -0.480 e. The highest BCUT2D eigenvalue weighted by molar-refractivity contribution is 5.79. The molecule has 0 amide bonds. The monoisotopic (exact) mass is 337 g/mol. The maximum atomic E-state index is 11.3. The number of nitrogens with zero attached hydrogens (tertiary/aromatic N) is 1. The first kappa shape index (κ1) is 17.4. The Balaban J connectivity index is 1.77. The number of aliphatic carboxylic acids is 1. The van der Waals surface area contributed by atoms with E-state index in [1.807, 2.05) is 41.3 Å². The molecule has 130 valence electrons. The van der Waals surface area contributed by atoms with Gasteiger partial charge in [-0.25, -0.2) is 0 Å². The van der Waals surface area contributed by atoms with E-state index in [0.717, 1.165) is 23.1 Å². The number of aliphatic hydroxyl groups is 1. The molecule has 0 radical (unpaired) electrons. The molecule has 2 aromatic carbocycles. The van der Waals surface area contributed by atoms with Crippen molar-refractivity contribution < 1.29 is 15.0 Å². The largest absolute Gasteiger partial charge is 0.480 e. The van der Waals surface area contributed by atoms with E-state index < -0.39 is 18.1 Å². The van der Waals surface area contributed by atoms with Crippen LogP contribution in [0, 0.1) is 0 Å². The molecule has 0 spiro atoms. The van der Waals surface area contributed by atoms with Crippen LogP contribution in [-0.2, 0) is 4.79 Å². The van der Waals surface area contributed by atoms with Crippen molar-refractivity contribution in [2.45, 2.75) is 25.0 Å². The number of rotatable bonds is 6. The number of hydrogen-bond acceptors (Lipinski definition) is 3. The maximum Gasteiger partial charge on any atom is 0.321 e. The minimum atomic E-state index is -0.855. The van der Waals surface area contributed by atoms with Crippen LogP contribution in [0.4, 0.5) is 0 Å². The van der Waals surface area contributed by atoms with Gasteiger partial charge in [-0.15, -0.1) is 0 Å². The van der Waals surface area contributed by atoms with Crippen molar-refractivity contribution in [3.05, 3.63) is 77.9 Å². The molecule has 1 saturated heterocycles. The summed E-state index contributed by atoms with van der Waals surface area (Å²) in [4.78, 5) is 13.2. The van der Waals surface area contributed by atoms with Gasteiger partial charge in [0, 0.05) is 19.5 Å². The van der Waals surface area contributed by atoms with Gasteiger partial charge in [0.15, 0.2) is 0 Å². The van der Waals surface area contributed by atoms with Crippen LogP contribution in [-0.4, -0.2) is 46.3 Å². The normalized spacial score (nSPS) is 20.4. The van der Waals surface area contributed by atoms with E-state index >= 15 is 0 Å². The third kappa shape index (κ3) is 4.35. The van der Waals surface area contributed by atoms with Gasteiger partial charge in [0.25, 0.3) is 0 Å². The Morgan fingerprint density at radius 3 is 2.12 bits per heavy atom. The van der Waals surface area contributed by atoms with Gasteiger partial charge >= 0.3 is 5.97 Å². The average Bonchev–Trinajstić information content (AvgIpc) is 3.01. The van der Waals surface area contributed by atoms with Crippen molar-refractivity contribution in [1.29, 1.82) is 0 Å². The van der Waals surface area contributed by atoms with Crippen LogP contribution in [0.3, 0.4) is 0 Å². The van der Waals surface area contributed by atoms with E-state index in [4.69, 9.17) is 0 Å². The van der Waals surface area contributed by atoms with Crippen LogP contribution in [0.15, 0.2) is 66.7 Å². The Labute approximate surface area is 148 Å². The lowest BCUT2D eigenvalue weighted by molar-refractivity contribution is -0.142. The predicted molar refractivity (Wildman–Crippen MR) is 98.2 cm³/mol. The quantitative estimate of drug-likeness (QED) is 0.851. The number of hydrogen-bond donors (Lipinski definition) is 2. The third-order valence-electron chi connectivity index (χ3n) is 4.60. The molecule has 4 heteroatoms. The Morgan fingerprint density at radius 1 is 1.04 bits per heavy atom. The van der Waals surface area contributed by atoms with Crippen LogP contribution < -0.4 is 0 Å². The van der Waals surface area contributed by atoms with Crippen LogP contribution in [0.25, 0.3) is 5.57 Å². The van der Waals surface area contributed by atoms with Crippen LogP contribution in [0.2, 0.25) is 0 Å². The zero-order valence-corrected chi connectivity index (χ0v) is 14.1. The van der Waals surface area contributed by atoms with Crippen molar-refractivity contribution >= 4 is 11.5 Å². The SMILES string of the molecule is O=C(O)[C@H]1C[C@@H](O)CN1CCC=C(c1ccccc1)c1ccccc1. The molecule has 25 heavy (non-hydrogen) atoms. The highest BCUT2D eigenvalue weighted by atomic mass is 16.4. The first-order valence-corrected chi connectivity index (χ1v) is 8.61. The molecule has 2 N–H and O–H groups in total. The van der Waals surface area contributed by atoms with Gasteiger partial charge in [-0.1, -0.05) is 66.7 Å².